The average Bonchev–Trinajstić information content (AvgIpc) is 3.17. The fourth-order valence-corrected chi connectivity index (χ4v) is 4.37. The van der Waals surface area contributed by atoms with Gasteiger partial charge in [-0.2, -0.15) is 0 Å². The third kappa shape index (κ3) is 4.63. The molecule has 1 saturated heterocycles. The number of aromatic nitrogens is 1. The summed E-state index contributed by atoms with van der Waals surface area (Å²) in [6.07, 6.45) is 0.0323. The molecular formula is C24H24Cl2N2O4. The quantitative estimate of drug-likeness (QED) is 0.451. The van der Waals surface area contributed by atoms with Crippen LogP contribution in [-0.2, 0) is 11.3 Å². The summed E-state index contributed by atoms with van der Waals surface area (Å²) in [5.41, 5.74) is 2.54. The second-order valence-corrected chi connectivity index (χ2v) is 9.53. The third-order valence-corrected chi connectivity index (χ3v) is 6.08. The first kappa shape index (κ1) is 22.6. The van der Waals surface area contributed by atoms with Crippen LogP contribution in [0.2, 0.25) is 10.0 Å². The predicted octanol–water partition coefficient (Wildman–Crippen LogP) is 6.01. The van der Waals surface area contributed by atoms with Crippen LogP contribution in [0.3, 0.4) is 0 Å². The Morgan fingerprint density at radius 2 is 1.94 bits per heavy atom. The number of hydrogen-bond acceptors (Lipinski definition) is 5. The molecule has 0 radical (unpaired) electrons. The van der Waals surface area contributed by atoms with Gasteiger partial charge in [-0.3, -0.25) is 9.69 Å². The fourth-order valence-electron chi connectivity index (χ4n) is 3.85. The zero-order valence-electron chi connectivity index (χ0n) is 18.1. The molecule has 0 saturated carbocycles. The van der Waals surface area contributed by atoms with Crippen molar-refractivity contribution in [1.82, 2.24) is 10.1 Å². The van der Waals surface area contributed by atoms with E-state index >= 15 is 0 Å². The molecular weight excluding hydrogens is 451 g/mol. The maximum atomic E-state index is 11.3. The number of ether oxygens (including phenoxy) is 1. The molecule has 0 atom stereocenters. The summed E-state index contributed by atoms with van der Waals surface area (Å²) in [7, 11) is 0. The van der Waals surface area contributed by atoms with Crippen molar-refractivity contribution in [3.63, 3.8) is 0 Å². The lowest BCUT2D eigenvalue weighted by Gasteiger charge is -2.45. The summed E-state index contributed by atoms with van der Waals surface area (Å²) < 4.78 is 11.2. The molecule has 32 heavy (non-hydrogen) atoms. The van der Waals surface area contributed by atoms with Crippen LogP contribution in [-0.4, -0.2) is 40.3 Å². The summed E-state index contributed by atoms with van der Waals surface area (Å²) in [6.45, 7) is 7.35. The number of carboxylic acid groups (broad SMARTS) is 1. The Morgan fingerprint density at radius 3 is 2.56 bits per heavy atom. The van der Waals surface area contributed by atoms with Crippen LogP contribution in [0.1, 0.15) is 26.3 Å². The summed E-state index contributed by atoms with van der Waals surface area (Å²) in [6, 6.07) is 13.1. The minimum absolute atomic E-state index is 0.0323. The fraction of sp³-hybridized carbons (Fsp3) is 0.333. The standard InChI is InChI=1S/C24H24Cl2N2O4/c1-14(2)31-21-7-5-16(9-19(21)26)20-10-22(32-27-20)17-6-4-15(8-18(17)25)11-28-12-24(3,13-28)23(29)30/h4-10,14H,11-13H2,1-3H3,(H,29,30). The molecule has 0 aliphatic carbocycles. The lowest BCUT2D eigenvalue weighted by molar-refractivity contribution is -0.158. The number of aliphatic carboxylic acids is 1. The maximum absolute atomic E-state index is 11.3. The number of likely N-dealkylation sites (tertiary alicyclic amines) is 1. The SMILES string of the molecule is CC(C)Oc1ccc(-c2cc(-c3ccc(CN4CC(C)(C(=O)O)C4)cc3Cl)on2)cc1Cl. The Bertz CT molecular complexity index is 1150. The third-order valence-electron chi connectivity index (χ3n) is 5.47. The van der Waals surface area contributed by atoms with Crippen LogP contribution in [0.4, 0.5) is 0 Å². The highest BCUT2D eigenvalue weighted by molar-refractivity contribution is 6.33. The molecule has 0 bridgehead atoms. The molecule has 0 spiro atoms. The lowest BCUT2D eigenvalue weighted by atomic mass is 9.82. The van der Waals surface area contributed by atoms with E-state index in [0.29, 0.717) is 46.9 Å². The number of carbonyl (C=O) groups is 1. The van der Waals surface area contributed by atoms with E-state index in [4.69, 9.17) is 32.5 Å². The second-order valence-electron chi connectivity index (χ2n) is 8.71. The summed E-state index contributed by atoms with van der Waals surface area (Å²) in [5, 5.41) is 14.5. The molecule has 0 amide bonds. The van der Waals surface area contributed by atoms with Crippen molar-refractivity contribution in [1.29, 1.82) is 0 Å². The predicted molar refractivity (Wildman–Crippen MR) is 124 cm³/mol. The van der Waals surface area contributed by atoms with E-state index in [9.17, 15) is 9.90 Å². The first-order valence-corrected chi connectivity index (χ1v) is 11.1. The Labute approximate surface area is 196 Å². The van der Waals surface area contributed by atoms with Gasteiger partial charge < -0.3 is 14.4 Å². The molecule has 168 valence electrons. The molecule has 8 heteroatoms. The molecule has 1 fully saturated rings. The number of nitrogens with zero attached hydrogens (tertiary/aromatic N) is 2. The first-order chi connectivity index (χ1) is 15.1. The van der Waals surface area contributed by atoms with Gasteiger partial charge in [0.05, 0.1) is 21.6 Å². The van der Waals surface area contributed by atoms with Crippen LogP contribution in [0, 0.1) is 5.41 Å². The van der Waals surface area contributed by atoms with E-state index in [-0.39, 0.29) is 6.10 Å². The van der Waals surface area contributed by atoms with Gasteiger partial charge in [-0.1, -0.05) is 34.4 Å². The maximum Gasteiger partial charge on any atom is 0.311 e. The molecule has 3 aromatic rings. The van der Waals surface area contributed by atoms with Gasteiger partial charge in [-0.15, -0.1) is 0 Å². The minimum atomic E-state index is -0.758. The molecule has 6 nitrogen and oxygen atoms in total. The highest BCUT2D eigenvalue weighted by Crippen LogP contribution is 2.36. The number of halogens is 2. The van der Waals surface area contributed by atoms with Gasteiger partial charge in [0.2, 0.25) is 0 Å². The van der Waals surface area contributed by atoms with Crippen molar-refractivity contribution >= 4 is 29.2 Å². The van der Waals surface area contributed by atoms with Crippen molar-refractivity contribution in [3.05, 3.63) is 58.1 Å². The van der Waals surface area contributed by atoms with Crippen molar-refractivity contribution < 1.29 is 19.2 Å². The summed E-state index contributed by atoms with van der Waals surface area (Å²) in [5.74, 6) is 0.419. The summed E-state index contributed by atoms with van der Waals surface area (Å²) >= 11 is 12.9. The van der Waals surface area contributed by atoms with E-state index in [2.05, 4.69) is 10.1 Å². The van der Waals surface area contributed by atoms with Crippen LogP contribution in [0.5, 0.6) is 5.75 Å². The van der Waals surface area contributed by atoms with E-state index in [1.807, 2.05) is 50.2 Å². The zero-order valence-corrected chi connectivity index (χ0v) is 19.6. The van der Waals surface area contributed by atoms with Crippen LogP contribution in [0.25, 0.3) is 22.6 Å². The molecule has 1 aliphatic heterocycles. The first-order valence-electron chi connectivity index (χ1n) is 10.3. The van der Waals surface area contributed by atoms with Crippen LogP contribution < -0.4 is 4.74 Å². The Kier molecular flexibility index (Phi) is 6.21. The van der Waals surface area contributed by atoms with E-state index < -0.39 is 11.4 Å². The molecule has 2 aromatic carbocycles. The Hall–Kier alpha value is -2.54. The zero-order chi connectivity index (χ0) is 23.0. The topological polar surface area (TPSA) is 75.8 Å². The Balaban J connectivity index is 1.47. The highest BCUT2D eigenvalue weighted by atomic mass is 35.5. The van der Waals surface area contributed by atoms with Gasteiger partial charge in [0.15, 0.2) is 5.76 Å². The summed E-state index contributed by atoms with van der Waals surface area (Å²) in [4.78, 5) is 13.3. The molecule has 0 unspecified atom stereocenters. The minimum Gasteiger partial charge on any atom is -0.489 e. The van der Waals surface area contributed by atoms with Crippen molar-refractivity contribution in [2.24, 2.45) is 5.41 Å². The second kappa shape index (κ2) is 8.77. The van der Waals surface area contributed by atoms with Gasteiger partial charge in [0.1, 0.15) is 11.4 Å². The smallest absolute Gasteiger partial charge is 0.311 e. The van der Waals surface area contributed by atoms with Crippen molar-refractivity contribution in [2.75, 3.05) is 13.1 Å². The van der Waals surface area contributed by atoms with Gasteiger partial charge in [-0.25, -0.2) is 0 Å². The highest BCUT2D eigenvalue weighted by Gasteiger charge is 2.44. The van der Waals surface area contributed by atoms with Crippen LogP contribution in [0.15, 0.2) is 47.0 Å². The molecule has 1 N–H and O–H groups in total. The van der Waals surface area contributed by atoms with Gasteiger partial charge >= 0.3 is 5.97 Å². The van der Waals surface area contributed by atoms with Crippen LogP contribution >= 0.6 is 23.2 Å². The van der Waals surface area contributed by atoms with Gasteiger partial charge in [0, 0.05) is 36.8 Å². The monoisotopic (exact) mass is 474 g/mol. The number of rotatable bonds is 7. The molecule has 2 heterocycles. The largest absolute Gasteiger partial charge is 0.489 e. The number of carboxylic acids is 1. The van der Waals surface area contributed by atoms with Crippen molar-refractivity contribution in [3.8, 4) is 28.3 Å². The van der Waals surface area contributed by atoms with Gasteiger partial charge in [-0.05, 0) is 56.7 Å². The average molecular weight is 475 g/mol. The normalized spacial score (nSPS) is 15.6. The molecule has 1 aliphatic rings. The number of hydrogen-bond donors (Lipinski definition) is 1. The molecule has 1 aromatic heterocycles. The lowest BCUT2D eigenvalue weighted by Crippen LogP contribution is -2.58. The van der Waals surface area contributed by atoms with Crippen molar-refractivity contribution in [2.45, 2.75) is 33.4 Å². The Morgan fingerprint density at radius 1 is 1.19 bits per heavy atom. The molecule has 4 rings (SSSR count). The number of benzene rings is 2. The van der Waals surface area contributed by atoms with Gasteiger partial charge in [0.25, 0.3) is 0 Å². The van der Waals surface area contributed by atoms with E-state index in [1.54, 1.807) is 13.0 Å². The van der Waals surface area contributed by atoms with E-state index in [0.717, 1.165) is 16.7 Å². The van der Waals surface area contributed by atoms with E-state index in [1.165, 1.54) is 0 Å².